The Labute approximate surface area is 363 Å². The molecular formula is C44H65N5O11S. The van der Waals surface area contributed by atoms with Crippen molar-refractivity contribution in [1.29, 1.82) is 0 Å². The molecule has 0 saturated carbocycles. The number of esters is 1. The largest absolute Gasteiger partial charge is 0.458 e. The highest BCUT2D eigenvalue weighted by Gasteiger charge is 2.60. The minimum Gasteiger partial charge on any atom is -0.458 e. The lowest BCUT2D eigenvalue weighted by molar-refractivity contribution is -0.295. The fourth-order valence-electron chi connectivity index (χ4n) is 9.54. The third-order valence-corrected chi connectivity index (χ3v) is 13.8. The van der Waals surface area contributed by atoms with Crippen molar-refractivity contribution in [3.05, 3.63) is 41.7 Å². The second kappa shape index (κ2) is 20.1. The Morgan fingerprint density at radius 1 is 1.05 bits per heavy atom. The van der Waals surface area contributed by atoms with Crippen molar-refractivity contribution in [2.75, 3.05) is 39.2 Å². The Kier molecular flexibility index (Phi) is 15.9. The van der Waals surface area contributed by atoms with Crippen LogP contribution < -0.4 is 4.90 Å². The van der Waals surface area contributed by atoms with E-state index < -0.39 is 83.4 Å². The number of likely N-dealkylation sites (N-methyl/N-ethyl adjacent to an activating group) is 1. The van der Waals surface area contributed by atoms with Gasteiger partial charge in [-0.15, -0.1) is 11.3 Å². The second-order valence-corrected chi connectivity index (χ2v) is 18.5. The standard InChI is InChI=1S/C44H65N5O11S/c1-12-32-44(8)36(48(42(55)60-44)19-13-14-20-49(41-46-18-21-61-41)38(53)30-16-15-17-45-24-30)27(4)33(50)25(2)23-43(7,56-11)37(28(5)34(51)29(6)39(54)58-32)59-40-35(52)31(47(9)10)22-26(3)57-40/h15-18,21,24-29,31-32,35-37,40,52H,12-14,19-20,22-23H2,1-11H3/t25-,26-,27+,28+,29-,31+,32-,35-,36-,37-,40+,43-,44-/m1/s1. The molecule has 0 unspecified atom stereocenters. The van der Waals surface area contributed by atoms with E-state index in [0.717, 1.165) is 0 Å². The van der Waals surface area contributed by atoms with E-state index in [1.165, 1.54) is 36.5 Å². The number of aliphatic hydroxyl groups excluding tert-OH is 1. The summed E-state index contributed by atoms with van der Waals surface area (Å²) in [4.78, 5) is 84.2. The molecule has 3 fully saturated rings. The smallest absolute Gasteiger partial charge is 0.410 e. The summed E-state index contributed by atoms with van der Waals surface area (Å²) in [6.07, 6.45) is 1.27. The monoisotopic (exact) mass is 871 g/mol. The number of anilines is 1. The van der Waals surface area contributed by atoms with Crippen LogP contribution in [0.1, 0.15) is 97.9 Å². The number of thiazole rings is 1. The first-order valence-corrected chi connectivity index (χ1v) is 22.3. The summed E-state index contributed by atoms with van der Waals surface area (Å²) in [7, 11) is 5.20. The zero-order chi connectivity index (χ0) is 45.0. The molecule has 3 aliphatic heterocycles. The van der Waals surface area contributed by atoms with Gasteiger partial charge in [0.1, 0.15) is 23.9 Å². The molecule has 0 bridgehead atoms. The van der Waals surface area contributed by atoms with Gasteiger partial charge in [0.15, 0.2) is 22.8 Å². The van der Waals surface area contributed by atoms with Crippen molar-refractivity contribution < 1.29 is 52.8 Å². The van der Waals surface area contributed by atoms with Crippen LogP contribution in [0.25, 0.3) is 0 Å². The van der Waals surface area contributed by atoms with Crippen LogP contribution in [-0.2, 0) is 38.1 Å². The van der Waals surface area contributed by atoms with E-state index in [2.05, 4.69) is 9.97 Å². The number of nitrogens with zero attached hydrogens (tertiary/aromatic N) is 5. The van der Waals surface area contributed by atoms with E-state index in [1.807, 2.05) is 25.9 Å². The Balaban J connectivity index is 1.45. The van der Waals surface area contributed by atoms with Crippen molar-refractivity contribution in [2.45, 2.75) is 141 Å². The van der Waals surface area contributed by atoms with Gasteiger partial charge in [-0.2, -0.15) is 0 Å². The minimum absolute atomic E-state index is 0.0935. The molecule has 13 atom stereocenters. The van der Waals surface area contributed by atoms with Crippen molar-refractivity contribution >= 4 is 46.0 Å². The number of ketones is 2. The van der Waals surface area contributed by atoms with Crippen LogP contribution in [0, 0.1) is 23.7 Å². The van der Waals surface area contributed by atoms with Gasteiger partial charge in [0.2, 0.25) is 0 Å². The number of aromatic nitrogens is 2. The number of cyclic esters (lactones) is 1. The lowest BCUT2D eigenvalue weighted by Gasteiger charge is -2.47. The molecular weight excluding hydrogens is 807 g/mol. The Hall–Kier alpha value is -3.87. The summed E-state index contributed by atoms with van der Waals surface area (Å²) in [5.74, 6) is -5.48. The highest BCUT2D eigenvalue weighted by Crippen LogP contribution is 2.43. The van der Waals surface area contributed by atoms with Gasteiger partial charge >= 0.3 is 12.1 Å². The molecule has 1 N–H and O–H groups in total. The molecule has 61 heavy (non-hydrogen) atoms. The average molecular weight is 872 g/mol. The zero-order valence-electron chi connectivity index (χ0n) is 37.4. The molecule has 0 spiro atoms. The maximum atomic E-state index is 14.8. The van der Waals surface area contributed by atoms with Crippen LogP contribution >= 0.6 is 11.3 Å². The molecule has 16 nitrogen and oxygen atoms in total. The Bertz CT molecular complexity index is 1840. The maximum Gasteiger partial charge on any atom is 0.410 e. The number of amides is 2. The predicted molar refractivity (Wildman–Crippen MR) is 227 cm³/mol. The number of hydrogen-bond donors (Lipinski definition) is 1. The highest BCUT2D eigenvalue weighted by molar-refractivity contribution is 7.13. The number of carbonyl (C=O) groups is 5. The summed E-state index contributed by atoms with van der Waals surface area (Å²) in [6, 6.07) is 2.22. The summed E-state index contributed by atoms with van der Waals surface area (Å²) < 4.78 is 31.2. The third-order valence-electron chi connectivity index (χ3n) is 13.0. The van der Waals surface area contributed by atoms with Crippen molar-refractivity contribution in [2.24, 2.45) is 23.7 Å². The normalized spacial score (nSPS) is 35.4. The summed E-state index contributed by atoms with van der Waals surface area (Å²) in [5, 5.41) is 13.8. The number of unbranched alkanes of at least 4 members (excludes halogenated alkanes) is 1. The number of methoxy groups -OCH3 is 1. The van der Waals surface area contributed by atoms with Crippen LogP contribution in [0.3, 0.4) is 0 Å². The van der Waals surface area contributed by atoms with Crippen LogP contribution in [-0.4, -0.2) is 143 Å². The summed E-state index contributed by atoms with van der Waals surface area (Å²) in [6.45, 7) is 14.3. The molecule has 5 heterocycles. The van der Waals surface area contributed by atoms with Gasteiger partial charge in [0.25, 0.3) is 5.91 Å². The lowest BCUT2D eigenvalue weighted by Crippen LogP contribution is -2.60. The molecule has 0 aromatic carbocycles. The van der Waals surface area contributed by atoms with Crippen LogP contribution in [0.2, 0.25) is 0 Å². The first kappa shape index (κ1) is 48.2. The maximum absolute atomic E-state index is 14.8. The van der Waals surface area contributed by atoms with E-state index in [4.69, 9.17) is 23.7 Å². The predicted octanol–water partition coefficient (Wildman–Crippen LogP) is 5.17. The number of rotatable bonds is 12. The lowest BCUT2D eigenvalue weighted by atomic mass is 9.73. The summed E-state index contributed by atoms with van der Waals surface area (Å²) >= 11 is 1.33. The molecule has 5 rings (SSSR count). The van der Waals surface area contributed by atoms with Gasteiger partial charge in [-0.3, -0.25) is 29.1 Å². The molecule has 2 amide bonds. The quantitative estimate of drug-likeness (QED) is 0.167. The van der Waals surface area contributed by atoms with Gasteiger partial charge in [-0.25, -0.2) is 9.78 Å². The van der Waals surface area contributed by atoms with Gasteiger partial charge < -0.3 is 38.6 Å². The molecule has 0 aliphatic carbocycles. The first-order chi connectivity index (χ1) is 28.8. The molecule has 338 valence electrons. The molecule has 0 radical (unpaired) electrons. The topological polar surface area (TPSA) is 187 Å². The SMILES string of the molecule is CC[C@H]1OC(=O)[C@H](C)C(=O)[C@H](C)[C@@H](O[C@@H]2O[C@H](C)C[C@H](N(C)C)[C@H]2O)[C@](C)(OC)C[C@@H](C)C(=O)[C@H](C)[C@H]2N(CCCCN(C(=O)c3cccnc3)c3nccs3)C(=O)O[C@]12C. The number of aliphatic hydroxyl groups is 1. The Morgan fingerprint density at radius 2 is 1.77 bits per heavy atom. The van der Waals surface area contributed by atoms with E-state index in [-0.39, 0.29) is 43.2 Å². The van der Waals surface area contributed by atoms with Crippen molar-refractivity contribution in [3.63, 3.8) is 0 Å². The van der Waals surface area contributed by atoms with E-state index >= 15 is 0 Å². The number of ether oxygens (including phenoxy) is 5. The zero-order valence-corrected chi connectivity index (χ0v) is 38.3. The van der Waals surface area contributed by atoms with Crippen LogP contribution in [0.5, 0.6) is 0 Å². The number of carbonyl (C=O) groups excluding carboxylic acids is 5. The van der Waals surface area contributed by atoms with Gasteiger partial charge in [0.05, 0.1) is 29.4 Å². The van der Waals surface area contributed by atoms with Crippen LogP contribution in [0.15, 0.2) is 36.1 Å². The van der Waals surface area contributed by atoms with Gasteiger partial charge in [-0.1, -0.05) is 27.7 Å². The van der Waals surface area contributed by atoms with Crippen molar-refractivity contribution in [1.82, 2.24) is 19.8 Å². The molecule has 17 heteroatoms. The van der Waals surface area contributed by atoms with Crippen molar-refractivity contribution in [3.8, 4) is 0 Å². The van der Waals surface area contributed by atoms with E-state index in [0.29, 0.717) is 36.5 Å². The minimum atomic E-state index is -1.47. The molecule has 3 saturated heterocycles. The highest BCUT2D eigenvalue weighted by atomic mass is 32.1. The average Bonchev–Trinajstić information content (AvgIpc) is 3.86. The molecule has 2 aromatic heterocycles. The number of Topliss-reactive ketones (excluding diaryl/α,β-unsaturated/α-hetero) is 2. The fourth-order valence-corrected chi connectivity index (χ4v) is 10.2. The van der Waals surface area contributed by atoms with E-state index in [1.54, 1.807) is 76.3 Å². The summed E-state index contributed by atoms with van der Waals surface area (Å²) in [5.41, 5.74) is -2.36. The van der Waals surface area contributed by atoms with E-state index in [9.17, 15) is 29.1 Å². The number of pyridine rings is 1. The fraction of sp³-hybridized carbons (Fsp3) is 0.705. The van der Waals surface area contributed by atoms with Gasteiger partial charge in [0, 0.05) is 68.0 Å². The molecule has 2 aromatic rings. The third kappa shape index (κ3) is 10.2. The van der Waals surface area contributed by atoms with Crippen LogP contribution in [0.4, 0.5) is 9.93 Å². The molecule has 3 aliphatic rings. The van der Waals surface area contributed by atoms with Gasteiger partial charge in [-0.05, 0) is 86.0 Å². The first-order valence-electron chi connectivity index (χ1n) is 21.4. The number of fused-ring (bicyclic) bond motifs is 1. The number of hydrogen-bond acceptors (Lipinski definition) is 15. The second-order valence-electron chi connectivity index (χ2n) is 17.6. The Morgan fingerprint density at radius 3 is 2.38 bits per heavy atom.